The van der Waals surface area contributed by atoms with E-state index in [1.54, 1.807) is 0 Å². The Hall–Kier alpha value is -0.0900. The molecule has 15 heavy (non-hydrogen) atoms. The summed E-state index contributed by atoms with van der Waals surface area (Å²) in [5.41, 5.74) is 1.10. The lowest BCUT2D eigenvalue weighted by Crippen LogP contribution is -2.34. The van der Waals surface area contributed by atoms with Crippen LogP contribution in [0.2, 0.25) is 5.02 Å². The Morgan fingerprint density at radius 3 is 2.80 bits per heavy atom. The molecule has 0 unspecified atom stereocenters. The van der Waals surface area contributed by atoms with Gasteiger partial charge < -0.3 is 10.4 Å². The summed E-state index contributed by atoms with van der Waals surface area (Å²) in [4.78, 5) is 0. The molecular formula is C11H13BrClNO. The second-order valence-electron chi connectivity index (χ2n) is 4.03. The van der Waals surface area contributed by atoms with Crippen LogP contribution in [0.15, 0.2) is 22.7 Å². The third-order valence-corrected chi connectivity index (χ3v) is 3.83. The molecule has 0 radical (unpaired) electrons. The fraction of sp³-hybridized carbons (Fsp3) is 0.455. The topological polar surface area (TPSA) is 32.3 Å². The number of nitrogens with one attached hydrogen (secondary N) is 1. The van der Waals surface area contributed by atoms with Gasteiger partial charge in [-0.1, -0.05) is 27.5 Å². The van der Waals surface area contributed by atoms with Crippen LogP contribution in [0, 0.1) is 0 Å². The minimum Gasteiger partial charge on any atom is -0.394 e. The minimum absolute atomic E-state index is 0.0260. The molecule has 0 aromatic heterocycles. The molecule has 0 bridgehead atoms. The number of halogens is 2. The Morgan fingerprint density at radius 2 is 2.20 bits per heavy atom. The summed E-state index contributed by atoms with van der Waals surface area (Å²) in [5.74, 6) is 0. The van der Waals surface area contributed by atoms with E-state index in [9.17, 15) is 0 Å². The van der Waals surface area contributed by atoms with Gasteiger partial charge in [0.25, 0.3) is 0 Å². The standard InChI is InChI=1S/C11H13BrClNO/c12-10-2-1-9(13)5-8(10)6-14-11(7-15)3-4-11/h1-2,5,14-15H,3-4,6-7H2. The maximum Gasteiger partial charge on any atom is 0.0613 e. The third kappa shape index (κ3) is 2.72. The minimum atomic E-state index is -0.0260. The SMILES string of the molecule is OCC1(NCc2cc(Cl)ccc2Br)CC1. The summed E-state index contributed by atoms with van der Waals surface area (Å²) < 4.78 is 1.05. The van der Waals surface area contributed by atoms with E-state index in [4.69, 9.17) is 16.7 Å². The van der Waals surface area contributed by atoms with Crippen LogP contribution in [0.25, 0.3) is 0 Å². The molecule has 4 heteroatoms. The number of rotatable bonds is 4. The van der Waals surface area contributed by atoms with Crippen LogP contribution in [0.5, 0.6) is 0 Å². The average Bonchev–Trinajstić information content (AvgIpc) is 3.00. The van der Waals surface area contributed by atoms with Crippen LogP contribution in [0.3, 0.4) is 0 Å². The van der Waals surface area contributed by atoms with Crippen LogP contribution >= 0.6 is 27.5 Å². The van der Waals surface area contributed by atoms with E-state index in [0.29, 0.717) is 0 Å². The van der Waals surface area contributed by atoms with E-state index < -0.39 is 0 Å². The van der Waals surface area contributed by atoms with Gasteiger partial charge in [0, 0.05) is 21.6 Å². The van der Waals surface area contributed by atoms with E-state index in [1.807, 2.05) is 18.2 Å². The van der Waals surface area contributed by atoms with Crippen LogP contribution in [0.4, 0.5) is 0 Å². The van der Waals surface area contributed by atoms with Gasteiger partial charge in [0.1, 0.15) is 0 Å². The molecule has 0 aliphatic heterocycles. The summed E-state index contributed by atoms with van der Waals surface area (Å²) >= 11 is 9.40. The highest BCUT2D eigenvalue weighted by atomic mass is 79.9. The molecule has 2 N–H and O–H groups in total. The van der Waals surface area contributed by atoms with Gasteiger partial charge in [-0.3, -0.25) is 0 Å². The summed E-state index contributed by atoms with van der Waals surface area (Å²) in [5, 5.41) is 13.3. The fourth-order valence-corrected chi connectivity index (χ4v) is 2.08. The molecule has 0 atom stereocenters. The summed E-state index contributed by atoms with van der Waals surface area (Å²) in [6.45, 7) is 0.951. The van der Waals surface area contributed by atoms with Crippen molar-refractivity contribution in [3.05, 3.63) is 33.3 Å². The van der Waals surface area contributed by atoms with Crippen molar-refractivity contribution in [2.45, 2.75) is 24.9 Å². The largest absolute Gasteiger partial charge is 0.394 e. The highest BCUT2D eigenvalue weighted by Gasteiger charge is 2.41. The molecule has 2 rings (SSSR count). The Labute approximate surface area is 103 Å². The maximum absolute atomic E-state index is 9.16. The Kier molecular flexibility index (Phi) is 3.36. The van der Waals surface area contributed by atoms with Crippen LogP contribution in [0.1, 0.15) is 18.4 Å². The van der Waals surface area contributed by atoms with E-state index >= 15 is 0 Å². The first-order chi connectivity index (χ1) is 7.15. The lowest BCUT2D eigenvalue weighted by molar-refractivity contribution is 0.229. The molecule has 1 saturated carbocycles. The second-order valence-corrected chi connectivity index (χ2v) is 5.32. The summed E-state index contributed by atoms with van der Waals surface area (Å²) in [6, 6.07) is 5.73. The molecule has 0 saturated heterocycles. The number of benzene rings is 1. The van der Waals surface area contributed by atoms with Gasteiger partial charge in [-0.2, -0.15) is 0 Å². The van der Waals surface area contributed by atoms with Crippen molar-refractivity contribution in [2.24, 2.45) is 0 Å². The molecule has 1 aromatic carbocycles. The predicted molar refractivity (Wildman–Crippen MR) is 65.0 cm³/mol. The molecular weight excluding hydrogens is 277 g/mol. The van der Waals surface area contributed by atoms with Gasteiger partial charge in [0.2, 0.25) is 0 Å². The van der Waals surface area contributed by atoms with Crippen LogP contribution in [-0.2, 0) is 6.54 Å². The molecule has 0 spiro atoms. The number of hydrogen-bond donors (Lipinski definition) is 2. The van der Waals surface area contributed by atoms with Crippen LogP contribution in [-0.4, -0.2) is 17.3 Å². The predicted octanol–water partition coefficient (Wildman–Crippen LogP) is 2.72. The van der Waals surface area contributed by atoms with E-state index in [-0.39, 0.29) is 12.1 Å². The second kappa shape index (κ2) is 4.42. The van der Waals surface area contributed by atoms with Crippen molar-refractivity contribution in [2.75, 3.05) is 6.61 Å². The van der Waals surface area contributed by atoms with Gasteiger partial charge in [0.15, 0.2) is 0 Å². The highest BCUT2D eigenvalue weighted by Crippen LogP contribution is 2.35. The zero-order valence-corrected chi connectivity index (χ0v) is 10.6. The van der Waals surface area contributed by atoms with E-state index in [1.165, 1.54) is 0 Å². The van der Waals surface area contributed by atoms with Crippen molar-refractivity contribution < 1.29 is 5.11 Å². The third-order valence-electron chi connectivity index (χ3n) is 2.82. The summed E-state index contributed by atoms with van der Waals surface area (Å²) in [7, 11) is 0. The van der Waals surface area contributed by atoms with Crippen molar-refractivity contribution in [3.63, 3.8) is 0 Å². The monoisotopic (exact) mass is 289 g/mol. The Morgan fingerprint density at radius 1 is 1.47 bits per heavy atom. The number of aliphatic hydroxyl groups is 1. The zero-order valence-electron chi connectivity index (χ0n) is 8.26. The number of hydrogen-bond acceptors (Lipinski definition) is 2. The van der Waals surface area contributed by atoms with Crippen molar-refractivity contribution in [1.82, 2.24) is 5.32 Å². The molecule has 1 fully saturated rings. The average molecular weight is 291 g/mol. The quantitative estimate of drug-likeness (QED) is 0.894. The summed E-state index contributed by atoms with van der Waals surface area (Å²) in [6.07, 6.45) is 2.11. The molecule has 82 valence electrons. The molecule has 1 aliphatic rings. The first-order valence-electron chi connectivity index (χ1n) is 4.95. The van der Waals surface area contributed by atoms with Crippen molar-refractivity contribution in [1.29, 1.82) is 0 Å². The maximum atomic E-state index is 9.16. The van der Waals surface area contributed by atoms with E-state index in [0.717, 1.165) is 34.4 Å². The van der Waals surface area contributed by atoms with Gasteiger partial charge >= 0.3 is 0 Å². The smallest absolute Gasteiger partial charge is 0.0613 e. The molecule has 2 nitrogen and oxygen atoms in total. The number of aliphatic hydroxyl groups excluding tert-OH is 1. The lowest BCUT2D eigenvalue weighted by atomic mass is 10.2. The van der Waals surface area contributed by atoms with Gasteiger partial charge in [0.05, 0.1) is 6.61 Å². The molecule has 0 heterocycles. The van der Waals surface area contributed by atoms with Crippen molar-refractivity contribution >= 4 is 27.5 Å². The van der Waals surface area contributed by atoms with E-state index in [2.05, 4.69) is 21.2 Å². The van der Waals surface area contributed by atoms with Crippen LogP contribution < -0.4 is 5.32 Å². The van der Waals surface area contributed by atoms with Crippen molar-refractivity contribution in [3.8, 4) is 0 Å². The zero-order chi connectivity index (χ0) is 10.9. The van der Waals surface area contributed by atoms with Gasteiger partial charge in [-0.05, 0) is 36.6 Å². The van der Waals surface area contributed by atoms with Gasteiger partial charge in [-0.15, -0.1) is 0 Å². The highest BCUT2D eigenvalue weighted by molar-refractivity contribution is 9.10. The Balaban J connectivity index is 2.01. The first kappa shape index (κ1) is 11.4. The lowest BCUT2D eigenvalue weighted by Gasteiger charge is -2.15. The molecule has 0 amide bonds. The van der Waals surface area contributed by atoms with Gasteiger partial charge in [-0.25, -0.2) is 0 Å². The first-order valence-corrected chi connectivity index (χ1v) is 6.12. The molecule has 1 aromatic rings. The normalized spacial score (nSPS) is 17.8. The Bertz CT molecular complexity index is 366. The fourth-order valence-electron chi connectivity index (χ4n) is 1.50. The molecule has 1 aliphatic carbocycles.